The van der Waals surface area contributed by atoms with E-state index < -0.39 is 0 Å². The smallest absolute Gasteiger partial charge is 0.220 e. The van der Waals surface area contributed by atoms with Crippen LogP contribution in [0.15, 0.2) is 36.5 Å². The van der Waals surface area contributed by atoms with Gasteiger partial charge in [0.2, 0.25) is 5.91 Å². The molecule has 5 nitrogen and oxygen atoms in total. The maximum absolute atomic E-state index is 12.2. The van der Waals surface area contributed by atoms with E-state index in [0.717, 1.165) is 49.4 Å². The fourth-order valence-electron chi connectivity index (χ4n) is 3.07. The summed E-state index contributed by atoms with van der Waals surface area (Å²) in [5, 5.41) is 3.08. The van der Waals surface area contributed by atoms with Gasteiger partial charge in [0.05, 0.1) is 24.0 Å². The third kappa shape index (κ3) is 4.23. The Morgan fingerprint density at radius 2 is 2.25 bits per heavy atom. The first kappa shape index (κ1) is 16.7. The van der Waals surface area contributed by atoms with Gasteiger partial charge in [0.1, 0.15) is 5.82 Å². The van der Waals surface area contributed by atoms with Gasteiger partial charge in [-0.2, -0.15) is 0 Å². The predicted octanol–water partition coefficient (Wildman–Crippen LogP) is 3.60. The van der Waals surface area contributed by atoms with E-state index in [4.69, 9.17) is 4.74 Å². The van der Waals surface area contributed by atoms with Gasteiger partial charge in [-0.15, -0.1) is 0 Å². The molecule has 1 aromatic carbocycles. The van der Waals surface area contributed by atoms with Crippen molar-refractivity contribution in [2.24, 2.45) is 0 Å². The maximum atomic E-state index is 12.2. The number of nitrogens with one attached hydrogen (secondary N) is 2. The van der Waals surface area contributed by atoms with Gasteiger partial charge in [-0.1, -0.05) is 37.3 Å². The summed E-state index contributed by atoms with van der Waals surface area (Å²) in [4.78, 5) is 20.0. The van der Waals surface area contributed by atoms with Crippen LogP contribution in [0.1, 0.15) is 50.9 Å². The van der Waals surface area contributed by atoms with Crippen molar-refractivity contribution in [3.8, 4) is 11.3 Å². The maximum Gasteiger partial charge on any atom is 0.220 e. The lowest BCUT2D eigenvalue weighted by atomic mass is 10.1. The van der Waals surface area contributed by atoms with Crippen molar-refractivity contribution in [1.29, 1.82) is 0 Å². The molecule has 3 rings (SSSR count). The van der Waals surface area contributed by atoms with Crippen molar-refractivity contribution >= 4 is 5.91 Å². The zero-order valence-electron chi connectivity index (χ0n) is 14.1. The van der Waals surface area contributed by atoms with Gasteiger partial charge < -0.3 is 15.0 Å². The molecular weight excluding hydrogens is 302 g/mol. The lowest BCUT2D eigenvalue weighted by molar-refractivity contribution is -0.122. The molecule has 1 amide bonds. The number of ether oxygens (including phenoxy) is 1. The number of carbonyl (C=O) groups excluding carboxylic acids is 1. The Morgan fingerprint density at radius 1 is 1.42 bits per heavy atom. The molecule has 24 heavy (non-hydrogen) atoms. The zero-order chi connectivity index (χ0) is 16.8. The second-order valence-electron chi connectivity index (χ2n) is 6.25. The van der Waals surface area contributed by atoms with Crippen LogP contribution in [0.4, 0.5) is 0 Å². The van der Waals surface area contributed by atoms with Crippen LogP contribution in [0.2, 0.25) is 0 Å². The van der Waals surface area contributed by atoms with E-state index in [1.54, 1.807) is 0 Å². The first-order chi connectivity index (χ1) is 11.8. The summed E-state index contributed by atoms with van der Waals surface area (Å²) in [5.41, 5.74) is 2.06. The minimum atomic E-state index is -0.0838. The first-order valence-electron chi connectivity index (χ1n) is 8.77. The van der Waals surface area contributed by atoms with E-state index in [2.05, 4.69) is 22.2 Å². The Hall–Kier alpha value is -2.14. The molecule has 2 heterocycles. The molecule has 0 saturated carbocycles. The molecule has 1 aliphatic heterocycles. The highest BCUT2D eigenvalue weighted by atomic mass is 16.5. The van der Waals surface area contributed by atoms with E-state index in [1.165, 1.54) is 0 Å². The minimum Gasteiger partial charge on any atom is -0.378 e. The molecule has 0 spiro atoms. The minimum absolute atomic E-state index is 0.0648. The number of H-pyrrole nitrogens is 1. The van der Waals surface area contributed by atoms with Gasteiger partial charge in [0.25, 0.3) is 0 Å². The number of carbonyl (C=O) groups is 1. The van der Waals surface area contributed by atoms with Crippen LogP contribution in [0.3, 0.4) is 0 Å². The molecule has 2 aromatic rings. The second kappa shape index (κ2) is 8.11. The van der Waals surface area contributed by atoms with Crippen molar-refractivity contribution in [2.75, 3.05) is 6.61 Å². The van der Waals surface area contributed by atoms with Gasteiger partial charge >= 0.3 is 0 Å². The molecule has 1 aromatic heterocycles. The number of aromatic amines is 1. The fourth-order valence-corrected chi connectivity index (χ4v) is 3.07. The Balaban J connectivity index is 1.57. The summed E-state index contributed by atoms with van der Waals surface area (Å²) in [6.45, 7) is 2.88. The Kier molecular flexibility index (Phi) is 5.64. The second-order valence-corrected chi connectivity index (χ2v) is 6.25. The molecule has 5 heteroatoms. The van der Waals surface area contributed by atoms with E-state index in [1.807, 2.05) is 36.5 Å². The number of rotatable bonds is 7. The quantitative estimate of drug-likeness (QED) is 0.816. The third-order valence-corrected chi connectivity index (χ3v) is 4.47. The monoisotopic (exact) mass is 327 g/mol. The van der Waals surface area contributed by atoms with Crippen LogP contribution in [0, 0.1) is 0 Å². The van der Waals surface area contributed by atoms with Gasteiger partial charge in [-0.3, -0.25) is 4.79 Å². The lowest BCUT2D eigenvalue weighted by Crippen LogP contribution is -2.29. The average molecular weight is 327 g/mol. The van der Waals surface area contributed by atoms with Gasteiger partial charge in [0.15, 0.2) is 0 Å². The van der Waals surface area contributed by atoms with E-state index in [9.17, 15) is 4.79 Å². The number of aromatic nitrogens is 2. The van der Waals surface area contributed by atoms with Gasteiger partial charge in [-0.25, -0.2) is 4.98 Å². The van der Waals surface area contributed by atoms with Crippen LogP contribution in [0.5, 0.6) is 0 Å². The summed E-state index contributed by atoms with van der Waals surface area (Å²) < 4.78 is 5.57. The van der Waals surface area contributed by atoms with Crippen molar-refractivity contribution in [2.45, 2.75) is 51.2 Å². The number of nitrogens with zero attached hydrogens (tertiary/aromatic N) is 1. The Morgan fingerprint density at radius 3 is 2.96 bits per heavy atom. The Labute approximate surface area is 142 Å². The summed E-state index contributed by atoms with van der Waals surface area (Å²) in [5.74, 6) is 0.872. The highest BCUT2D eigenvalue weighted by molar-refractivity contribution is 5.76. The first-order valence-corrected chi connectivity index (χ1v) is 8.77. The molecule has 0 aliphatic carbocycles. The molecule has 1 aliphatic rings. The van der Waals surface area contributed by atoms with Crippen molar-refractivity contribution in [3.05, 3.63) is 42.4 Å². The largest absolute Gasteiger partial charge is 0.378 e. The molecule has 0 radical (unpaired) electrons. The number of hydrogen-bond acceptors (Lipinski definition) is 3. The third-order valence-electron chi connectivity index (χ3n) is 4.47. The summed E-state index contributed by atoms with van der Waals surface area (Å²) in [6.07, 6.45) is 6.37. The number of imidazole rings is 1. The highest BCUT2D eigenvalue weighted by Crippen LogP contribution is 2.21. The van der Waals surface area contributed by atoms with Crippen molar-refractivity contribution in [1.82, 2.24) is 15.3 Å². The number of hydrogen-bond donors (Lipinski definition) is 2. The van der Waals surface area contributed by atoms with Crippen LogP contribution < -0.4 is 5.32 Å². The number of benzene rings is 1. The Bertz CT molecular complexity index is 648. The van der Waals surface area contributed by atoms with Crippen LogP contribution >= 0.6 is 0 Å². The standard InChI is InChI=1S/C19H25N3O2/c1-2-16(21-18(23)11-10-15-9-6-12-24-15)19-20-13-17(22-19)14-7-4-3-5-8-14/h3-5,7-8,13,15-16H,2,6,9-12H2,1H3,(H,20,22)(H,21,23)/t15-,16+/m1/s1. The van der Waals surface area contributed by atoms with Crippen molar-refractivity contribution in [3.63, 3.8) is 0 Å². The molecule has 128 valence electrons. The molecule has 1 saturated heterocycles. The average Bonchev–Trinajstić information content (AvgIpc) is 3.30. The molecule has 0 unspecified atom stereocenters. The van der Waals surface area contributed by atoms with Crippen molar-refractivity contribution < 1.29 is 9.53 Å². The van der Waals surface area contributed by atoms with Crippen LogP contribution in [-0.2, 0) is 9.53 Å². The zero-order valence-corrected chi connectivity index (χ0v) is 14.1. The summed E-state index contributed by atoms with van der Waals surface area (Å²) in [6, 6.07) is 9.99. The molecule has 2 atom stereocenters. The van der Waals surface area contributed by atoms with Crippen LogP contribution in [-0.4, -0.2) is 28.6 Å². The van der Waals surface area contributed by atoms with E-state index in [-0.39, 0.29) is 18.1 Å². The normalized spacial score (nSPS) is 18.5. The van der Waals surface area contributed by atoms with E-state index in [0.29, 0.717) is 6.42 Å². The molecule has 2 N–H and O–H groups in total. The molecule has 1 fully saturated rings. The van der Waals surface area contributed by atoms with Gasteiger partial charge in [-0.05, 0) is 31.2 Å². The van der Waals surface area contributed by atoms with Gasteiger partial charge in [0, 0.05) is 13.0 Å². The topological polar surface area (TPSA) is 67.0 Å². The van der Waals surface area contributed by atoms with Crippen LogP contribution in [0.25, 0.3) is 11.3 Å². The SMILES string of the molecule is CC[C@H](NC(=O)CC[C@H]1CCCO1)c1ncc(-c2ccccc2)[nH]1. The summed E-state index contributed by atoms with van der Waals surface area (Å²) in [7, 11) is 0. The summed E-state index contributed by atoms with van der Waals surface area (Å²) >= 11 is 0. The highest BCUT2D eigenvalue weighted by Gasteiger charge is 2.19. The predicted molar refractivity (Wildman–Crippen MR) is 93.4 cm³/mol. The molecular formula is C19H25N3O2. The lowest BCUT2D eigenvalue weighted by Gasteiger charge is -2.15. The fraction of sp³-hybridized carbons (Fsp3) is 0.474. The molecule has 0 bridgehead atoms. The van der Waals surface area contributed by atoms with E-state index >= 15 is 0 Å². The number of amides is 1.